The van der Waals surface area contributed by atoms with Crippen LogP contribution < -0.4 is 4.90 Å². The van der Waals surface area contributed by atoms with Crippen molar-refractivity contribution in [3.05, 3.63) is 29.3 Å². The minimum Gasteiger partial charge on any atom is -0.396 e. The number of aromatic nitrogens is 3. The first kappa shape index (κ1) is 17.6. The third-order valence-electron chi connectivity index (χ3n) is 4.13. The van der Waals surface area contributed by atoms with Gasteiger partial charge in [-0.3, -0.25) is 4.57 Å². The van der Waals surface area contributed by atoms with Gasteiger partial charge in [0.15, 0.2) is 5.16 Å². The van der Waals surface area contributed by atoms with Gasteiger partial charge in [-0.25, -0.2) is 0 Å². The molecule has 5 nitrogen and oxygen atoms in total. The highest BCUT2D eigenvalue weighted by atomic mass is 35.5. The van der Waals surface area contributed by atoms with Crippen molar-refractivity contribution in [3.63, 3.8) is 0 Å². The molecule has 1 aromatic heterocycles. The number of hydrogen-bond donors (Lipinski definition) is 1. The lowest BCUT2D eigenvalue weighted by atomic mass is 10.3. The predicted molar refractivity (Wildman–Crippen MR) is 99.5 cm³/mol. The van der Waals surface area contributed by atoms with Crippen molar-refractivity contribution in [2.24, 2.45) is 0 Å². The van der Waals surface area contributed by atoms with Crippen LogP contribution in [0, 0.1) is 0 Å². The van der Waals surface area contributed by atoms with Crippen molar-refractivity contribution in [1.82, 2.24) is 14.8 Å². The van der Waals surface area contributed by atoms with E-state index in [-0.39, 0.29) is 6.61 Å². The maximum absolute atomic E-state index is 8.88. The minimum atomic E-state index is 0.263. The summed E-state index contributed by atoms with van der Waals surface area (Å²) in [5, 5.41) is 19.3. The van der Waals surface area contributed by atoms with Crippen molar-refractivity contribution in [2.75, 3.05) is 30.3 Å². The Morgan fingerprint density at radius 1 is 1.08 bits per heavy atom. The number of unbranched alkanes of at least 4 members (excludes halogenated alkanes) is 2. The summed E-state index contributed by atoms with van der Waals surface area (Å²) in [6.45, 7) is 2.30. The van der Waals surface area contributed by atoms with Gasteiger partial charge in [0.05, 0.1) is 10.7 Å². The fourth-order valence-corrected chi connectivity index (χ4v) is 4.03. The number of nitrogens with zero attached hydrogens (tertiary/aromatic N) is 4. The zero-order valence-corrected chi connectivity index (χ0v) is 15.3. The quantitative estimate of drug-likeness (QED) is 0.569. The Morgan fingerprint density at radius 2 is 1.88 bits per heavy atom. The second kappa shape index (κ2) is 8.74. The fraction of sp³-hybridized carbons (Fsp3) is 0.529. The maximum Gasteiger partial charge on any atom is 0.232 e. The molecule has 0 saturated carbocycles. The summed E-state index contributed by atoms with van der Waals surface area (Å²) in [4.78, 5) is 2.28. The lowest BCUT2D eigenvalue weighted by Gasteiger charge is -2.19. The molecule has 1 fully saturated rings. The van der Waals surface area contributed by atoms with E-state index in [1.807, 2.05) is 24.3 Å². The molecule has 0 unspecified atom stereocenters. The zero-order valence-electron chi connectivity index (χ0n) is 13.7. The smallest absolute Gasteiger partial charge is 0.232 e. The molecule has 1 aliphatic rings. The third kappa shape index (κ3) is 4.05. The van der Waals surface area contributed by atoms with Gasteiger partial charge in [0, 0.05) is 25.4 Å². The van der Waals surface area contributed by atoms with E-state index in [9.17, 15) is 0 Å². The Balaban J connectivity index is 1.84. The summed E-state index contributed by atoms with van der Waals surface area (Å²) < 4.78 is 2.09. The predicted octanol–water partition coefficient (Wildman–Crippen LogP) is 3.78. The molecule has 3 rings (SSSR count). The van der Waals surface area contributed by atoms with E-state index in [0.29, 0.717) is 5.02 Å². The Morgan fingerprint density at radius 3 is 2.62 bits per heavy atom. The monoisotopic (exact) mass is 366 g/mol. The number of aliphatic hydroxyl groups excluding tert-OH is 1. The van der Waals surface area contributed by atoms with Gasteiger partial charge < -0.3 is 10.0 Å². The zero-order chi connectivity index (χ0) is 16.8. The third-order valence-corrected chi connectivity index (χ3v) is 5.47. The van der Waals surface area contributed by atoms with Gasteiger partial charge in [-0.05, 0) is 37.8 Å². The molecular formula is C17H23ClN4OS. The number of aliphatic hydroxyl groups is 1. The number of thioether (sulfide) groups is 1. The number of halogens is 1. The number of para-hydroxylation sites is 1. The number of benzene rings is 1. The van der Waals surface area contributed by atoms with Crippen molar-refractivity contribution in [1.29, 1.82) is 0 Å². The van der Waals surface area contributed by atoms with Crippen LogP contribution >= 0.6 is 23.4 Å². The molecule has 0 atom stereocenters. The minimum absolute atomic E-state index is 0.263. The van der Waals surface area contributed by atoms with Gasteiger partial charge in [-0.2, -0.15) is 0 Å². The Labute approximate surface area is 152 Å². The molecule has 130 valence electrons. The molecule has 0 bridgehead atoms. The van der Waals surface area contributed by atoms with E-state index in [2.05, 4.69) is 19.7 Å². The van der Waals surface area contributed by atoms with Crippen molar-refractivity contribution in [3.8, 4) is 5.69 Å². The average Bonchev–Trinajstić information content (AvgIpc) is 3.24. The van der Waals surface area contributed by atoms with Crippen molar-refractivity contribution >= 4 is 29.3 Å². The Hall–Kier alpha value is -1.24. The summed E-state index contributed by atoms with van der Waals surface area (Å²) in [5.41, 5.74) is 0.934. The number of rotatable bonds is 8. The van der Waals surface area contributed by atoms with Crippen molar-refractivity contribution < 1.29 is 5.11 Å². The molecule has 1 aliphatic heterocycles. The van der Waals surface area contributed by atoms with E-state index in [0.717, 1.165) is 54.9 Å². The lowest BCUT2D eigenvalue weighted by Crippen LogP contribution is -2.22. The van der Waals surface area contributed by atoms with Gasteiger partial charge in [-0.1, -0.05) is 41.9 Å². The summed E-state index contributed by atoms with van der Waals surface area (Å²) in [6, 6.07) is 7.85. The standard InChI is InChI=1S/C17H23ClN4OS/c18-14-8-2-3-9-15(14)22-16(21-10-4-5-11-21)19-20-17(22)24-13-7-1-6-12-23/h2-3,8-9,23H,1,4-7,10-13H2. The molecule has 24 heavy (non-hydrogen) atoms. The van der Waals surface area contributed by atoms with E-state index >= 15 is 0 Å². The molecule has 0 radical (unpaired) electrons. The normalized spacial score (nSPS) is 14.5. The van der Waals surface area contributed by atoms with Crippen LogP contribution in [0.15, 0.2) is 29.4 Å². The van der Waals surface area contributed by atoms with Gasteiger partial charge in [0.1, 0.15) is 0 Å². The van der Waals surface area contributed by atoms with Crippen molar-refractivity contribution in [2.45, 2.75) is 37.3 Å². The summed E-state index contributed by atoms with van der Waals surface area (Å²) in [7, 11) is 0. The van der Waals surface area contributed by atoms with E-state index in [4.69, 9.17) is 16.7 Å². The van der Waals surface area contributed by atoms with Crippen LogP contribution in [0.4, 0.5) is 5.95 Å². The molecule has 1 saturated heterocycles. The van der Waals surface area contributed by atoms with Crippen LogP contribution in [0.3, 0.4) is 0 Å². The molecule has 0 aliphatic carbocycles. The van der Waals surface area contributed by atoms with E-state index < -0.39 is 0 Å². The van der Waals surface area contributed by atoms with Gasteiger partial charge in [0.2, 0.25) is 5.95 Å². The first-order chi connectivity index (χ1) is 11.8. The summed E-state index contributed by atoms with van der Waals surface area (Å²) in [6.07, 6.45) is 5.33. The first-order valence-electron chi connectivity index (χ1n) is 8.50. The summed E-state index contributed by atoms with van der Waals surface area (Å²) >= 11 is 8.14. The number of anilines is 1. The SMILES string of the molecule is OCCCCCSc1nnc(N2CCCC2)n1-c1ccccc1Cl. The van der Waals surface area contributed by atoms with Crippen LogP contribution in [0.2, 0.25) is 5.02 Å². The van der Waals surface area contributed by atoms with E-state index in [1.54, 1.807) is 11.8 Å². The Kier molecular flexibility index (Phi) is 6.40. The molecule has 0 spiro atoms. The highest BCUT2D eigenvalue weighted by Crippen LogP contribution is 2.32. The average molecular weight is 367 g/mol. The summed E-state index contributed by atoms with van der Waals surface area (Å²) in [5.74, 6) is 1.85. The molecular weight excluding hydrogens is 344 g/mol. The Bertz CT molecular complexity index is 658. The van der Waals surface area contributed by atoms with Crippen LogP contribution in [0.1, 0.15) is 32.1 Å². The number of hydrogen-bond acceptors (Lipinski definition) is 5. The second-order valence-electron chi connectivity index (χ2n) is 5.90. The van der Waals surface area contributed by atoms with Crippen LogP contribution in [-0.2, 0) is 0 Å². The second-order valence-corrected chi connectivity index (χ2v) is 7.37. The lowest BCUT2D eigenvalue weighted by molar-refractivity contribution is 0.284. The van der Waals surface area contributed by atoms with Crippen LogP contribution in [-0.4, -0.2) is 45.3 Å². The van der Waals surface area contributed by atoms with Gasteiger partial charge in [0.25, 0.3) is 0 Å². The van der Waals surface area contributed by atoms with Gasteiger partial charge >= 0.3 is 0 Å². The van der Waals surface area contributed by atoms with Gasteiger partial charge in [-0.15, -0.1) is 10.2 Å². The molecule has 1 N–H and O–H groups in total. The van der Waals surface area contributed by atoms with Crippen LogP contribution in [0.25, 0.3) is 5.69 Å². The molecule has 7 heteroatoms. The first-order valence-corrected chi connectivity index (χ1v) is 9.86. The fourth-order valence-electron chi connectivity index (χ4n) is 2.88. The highest BCUT2D eigenvalue weighted by Gasteiger charge is 2.23. The van der Waals surface area contributed by atoms with E-state index in [1.165, 1.54) is 12.8 Å². The largest absolute Gasteiger partial charge is 0.396 e. The highest BCUT2D eigenvalue weighted by molar-refractivity contribution is 7.99. The molecule has 2 heterocycles. The molecule has 0 amide bonds. The van der Waals surface area contributed by atoms with Crippen LogP contribution in [0.5, 0.6) is 0 Å². The topological polar surface area (TPSA) is 54.2 Å². The molecule has 1 aromatic carbocycles. The molecule has 2 aromatic rings. The maximum atomic E-state index is 8.88.